The molecule has 0 aliphatic heterocycles. The monoisotopic (exact) mass is 262 g/mol. The summed E-state index contributed by atoms with van der Waals surface area (Å²) in [6.45, 7) is 5.66. The minimum absolute atomic E-state index is 0.489. The molecule has 0 fully saturated rings. The van der Waals surface area contributed by atoms with Crippen LogP contribution in [0.1, 0.15) is 32.3 Å². The topological polar surface area (TPSA) is 79.5 Å². The average Bonchev–Trinajstić information content (AvgIpc) is 2.83. The molecule has 0 amide bonds. The molecule has 102 valence electrons. The van der Waals surface area contributed by atoms with Crippen LogP contribution in [0.5, 0.6) is 0 Å². The third-order valence-electron chi connectivity index (χ3n) is 3.51. The van der Waals surface area contributed by atoms with E-state index >= 15 is 0 Å². The fourth-order valence-electron chi connectivity index (χ4n) is 2.17. The van der Waals surface area contributed by atoms with E-state index in [9.17, 15) is 9.90 Å². The Morgan fingerprint density at radius 1 is 1.42 bits per heavy atom. The van der Waals surface area contributed by atoms with Gasteiger partial charge >= 0.3 is 5.97 Å². The summed E-state index contributed by atoms with van der Waals surface area (Å²) in [5.41, 5.74) is 0.732. The van der Waals surface area contributed by atoms with Gasteiger partial charge in [-0.3, -0.25) is 0 Å². The molecule has 0 aliphatic carbocycles. The van der Waals surface area contributed by atoms with E-state index in [-0.39, 0.29) is 0 Å². The minimum Gasteiger partial charge on any atom is -0.480 e. The van der Waals surface area contributed by atoms with Gasteiger partial charge in [0.2, 0.25) is 0 Å². The van der Waals surface area contributed by atoms with Crippen molar-refractivity contribution in [1.29, 1.82) is 0 Å². The second-order valence-corrected chi connectivity index (χ2v) is 4.67. The molecule has 0 bridgehead atoms. The van der Waals surface area contributed by atoms with Gasteiger partial charge in [0.05, 0.1) is 0 Å². The van der Waals surface area contributed by atoms with Crippen LogP contribution in [0.2, 0.25) is 0 Å². The highest BCUT2D eigenvalue weighted by atomic mass is 16.4. The lowest BCUT2D eigenvalue weighted by Gasteiger charge is -2.29. The molecule has 2 rings (SSSR count). The third kappa shape index (κ3) is 2.25. The van der Waals surface area contributed by atoms with Gasteiger partial charge in [-0.15, -0.1) is 0 Å². The number of pyridine rings is 1. The molecule has 2 heterocycles. The maximum atomic E-state index is 11.5. The first-order chi connectivity index (χ1) is 9.02. The van der Waals surface area contributed by atoms with Crippen LogP contribution in [0, 0.1) is 6.92 Å². The van der Waals surface area contributed by atoms with Crippen LogP contribution in [-0.2, 0) is 4.79 Å². The highest BCUT2D eigenvalue weighted by Crippen LogP contribution is 2.23. The smallest absolute Gasteiger partial charge is 0.329 e. The number of hydrogen-bond acceptors (Lipinski definition) is 4. The first-order valence-corrected chi connectivity index (χ1v) is 6.34. The summed E-state index contributed by atoms with van der Waals surface area (Å²) in [6, 6.07) is 3.78. The van der Waals surface area contributed by atoms with E-state index in [1.165, 1.54) is 6.33 Å². The number of nitrogens with one attached hydrogen (secondary N) is 1. The molecule has 0 unspecified atom stereocenters. The van der Waals surface area contributed by atoms with Gasteiger partial charge in [0.1, 0.15) is 17.7 Å². The number of carboxylic acid groups (broad SMARTS) is 1. The van der Waals surface area contributed by atoms with Crippen molar-refractivity contribution in [3.05, 3.63) is 24.0 Å². The largest absolute Gasteiger partial charge is 0.480 e. The summed E-state index contributed by atoms with van der Waals surface area (Å²) in [5, 5.41) is 16.7. The lowest BCUT2D eigenvalue weighted by atomic mass is 9.93. The lowest BCUT2D eigenvalue weighted by Crippen LogP contribution is -2.45. The van der Waals surface area contributed by atoms with E-state index in [4.69, 9.17) is 0 Å². The van der Waals surface area contributed by atoms with Gasteiger partial charge in [0.15, 0.2) is 5.65 Å². The van der Waals surface area contributed by atoms with Gasteiger partial charge in [-0.2, -0.15) is 9.61 Å². The molecule has 6 nitrogen and oxygen atoms in total. The van der Waals surface area contributed by atoms with Crippen LogP contribution in [0.25, 0.3) is 5.65 Å². The summed E-state index contributed by atoms with van der Waals surface area (Å²) in [6.07, 6.45) is 2.44. The van der Waals surface area contributed by atoms with Crippen molar-refractivity contribution >= 4 is 17.4 Å². The standard InChI is InChI=1S/C13H18N4O2/c1-4-13(5-2,12(18)19)16-11-7-9(3)6-10-14-8-15-17(10)11/h6-8,16H,4-5H2,1-3H3,(H,18,19). The normalized spacial score (nSPS) is 11.7. The van der Waals surface area contributed by atoms with Crippen LogP contribution in [-0.4, -0.2) is 31.2 Å². The van der Waals surface area contributed by atoms with Gasteiger partial charge in [0.25, 0.3) is 0 Å². The number of hydrogen-bond donors (Lipinski definition) is 2. The molecule has 0 saturated heterocycles. The van der Waals surface area contributed by atoms with Crippen molar-refractivity contribution in [2.24, 2.45) is 0 Å². The quantitative estimate of drug-likeness (QED) is 0.862. The summed E-state index contributed by atoms with van der Waals surface area (Å²) < 4.78 is 1.62. The molecule has 2 aromatic rings. The Morgan fingerprint density at radius 3 is 2.68 bits per heavy atom. The van der Waals surface area contributed by atoms with Crippen molar-refractivity contribution < 1.29 is 9.90 Å². The zero-order valence-electron chi connectivity index (χ0n) is 11.3. The number of rotatable bonds is 5. The molecule has 19 heavy (non-hydrogen) atoms. The number of carboxylic acids is 1. The predicted molar refractivity (Wildman–Crippen MR) is 72.3 cm³/mol. The second kappa shape index (κ2) is 4.87. The number of aliphatic carboxylic acids is 1. The highest BCUT2D eigenvalue weighted by molar-refractivity contribution is 5.82. The Hall–Kier alpha value is -2.11. The number of fused-ring (bicyclic) bond motifs is 1. The van der Waals surface area contributed by atoms with Gasteiger partial charge < -0.3 is 10.4 Å². The maximum Gasteiger partial charge on any atom is 0.329 e. The molecule has 2 N–H and O–H groups in total. The number of aryl methyl sites for hydroxylation is 1. The van der Waals surface area contributed by atoms with Crippen LogP contribution in [0.3, 0.4) is 0 Å². The van der Waals surface area contributed by atoms with Crippen LogP contribution < -0.4 is 5.32 Å². The number of nitrogens with zero attached hydrogens (tertiary/aromatic N) is 3. The van der Waals surface area contributed by atoms with E-state index < -0.39 is 11.5 Å². The fraction of sp³-hybridized carbons (Fsp3) is 0.462. The predicted octanol–water partition coefficient (Wildman–Crippen LogP) is 2.09. The van der Waals surface area contributed by atoms with Gasteiger partial charge in [-0.1, -0.05) is 13.8 Å². The maximum absolute atomic E-state index is 11.5. The highest BCUT2D eigenvalue weighted by Gasteiger charge is 2.35. The number of anilines is 1. The van der Waals surface area contributed by atoms with Crippen molar-refractivity contribution in [1.82, 2.24) is 14.6 Å². The van der Waals surface area contributed by atoms with E-state index in [0.29, 0.717) is 24.3 Å². The molecular weight excluding hydrogens is 244 g/mol. The molecule has 6 heteroatoms. The Balaban J connectivity index is 2.50. The van der Waals surface area contributed by atoms with E-state index in [1.54, 1.807) is 4.52 Å². The molecule has 2 aromatic heterocycles. The Morgan fingerprint density at radius 2 is 2.11 bits per heavy atom. The Labute approximate surface area is 111 Å². The number of aromatic nitrogens is 3. The Kier molecular flexibility index (Phi) is 3.42. The van der Waals surface area contributed by atoms with E-state index in [0.717, 1.165) is 5.56 Å². The van der Waals surface area contributed by atoms with Gasteiger partial charge in [-0.05, 0) is 37.5 Å². The van der Waals surface area contributed by atoms with Gasteiger partial charge in [-0.25, -0.2) is 9.78 Å². The summed E-state index contributed by atoms with van der Waals surface area (Å²) in [7, 11) is 0. The summed E-state index contributed by atoms with van der Waals surface area (Å²) in [4.78, 5) is 15.7. The summed E-state index contributed by atoms with van der Waals surface area (Å²) in [5.74, 6) is -0.203. The average molecular weight is 262 g/mol. The van der Waals surface area contributed by atoms with Crippen molar-refractivity contribution in [2.45, 2.75) is 39.2 Å². The van der Waals surface area contributed by atoms with E-state index in [1.807, 2.05) is 32.9 Å². The third-order valence-corrected chi connectivity index (χ3v) is 3.51. The molecule has 0 radical (unpaired) electrons. The zero-order valence-corrected chi connectivity index (χ0v) is 11.3. The van der Waals surface area contributed by atoms with Crippen molar-refractivity contribution in [2.75, 3.05) is 5.32 Å². The lowest BCUT2D eigenvalue weighted by molar-refractivity contribution is -0.142. The van der Waals surface area contributed by atoms with Gasteiger partial charge in [0, 0.05) is 0 Å². The van der Waals surface area contributed by atoms with E-state index in [2.05, 4.69) is 15.4 Å². The minimum atomic E-state index is -0.979. The number of carbonyl (C=O) groups is 1. The molecule has 0 saturated carbocycles. The second-order valence-electron chi connectivity index (χ2n) is 4.67. The first-order valence-electron chi connectivity index (χ1n) is 6.34. The van der Waals surface area contributed by atoms with Crippen molar-refractivity contribution in [3.8, 4) is 0 Å². The molecule has 0 aliphatic rings. The van der Waals surface area contributed by atoms with Crippen LogP contribution in [0.15, 0.2) is 18.5 Å². The SMILES string of the molecule is CCC(CC)(Nc1cc(C)cc2ncnn12)C(=O)O. The Bertz CT molecular complexity index is 602. The van der Waals surface area contributed by atoms with Crippen LogP contribution in [0.4, 0.5) is 5.82 Å². The fourth-order valence-corrected chi connectivity index (χ4v) is 2.17. The zero-order chi connectivity index (χ0) is 14.0. The first kappa shape index (κ1) is 13.3. The molecule has 0 spiro atoms. The molecule has 0 aromatic carbocycles. The molecule has 0 atom stereocenters. The van der Waals surface area contributed by atoms with Crippen LogP contribution >= 0.6 is 0 Å². The van der Waals surface area contributed by atoms with Crippen molar-refractivity contribution in [3.63, 3.8) is 0 Å². The molecular formula is C13H18N4O2. The summed E-state index contributed by atoms with van der Waals surface area (Å²) >= 11 is 0.